The average molecular weight is 237 g/mol. The molecule has 1 fully saturated rings. The Balaban J connectivity index is 1.74. The fraction of sp³-hybridized carbons (Fsp3) is 0.714. The molecule has 0 bridgehead atoms. The monoisotopic (exact) mass is 237 g/mol. The molecular weight excluding hydrogens is 214 g/mol. The quantitative estimate of drug-likeness (QED) is 0.791. The molecule has 1 heterocycles. The van der Waals surface area contributed by atoms with Crippen molar-refractivity contribution in [2.24, 2.45) is 0 Å². The lowest BCUT2D eigenvalue weighted by Gasteiger charge is -2.41. The van der Waals surface area contributed by atoms with E-state index in [1.54, 1.807) is 6.26 Å². The topological polar surface area (TPSA) is 34.4 Å². The fourth-order valence-electron chi connectivity index (χ4n) is 2.25. The second kappa shape index (κ2) is 5.69. The second-order valence-corrected chi connectivity index (χ2v) is 5.26. The van der Waals surface area contributed by atoms with Gasteiger partial charge in [0.1, 0.15) is 12.4 Å². The molecule has 0 atom stereocenters. The predicted molar refractivity (Wildman–Crippen MR) is 67.8 cm³/mol. The third kappa shape index (κ3) is 3.58. The Hall–Kier alpha value is -0.800. The number of hydrogen-bond acceptors (Lipinski definition) is 3. The van der Waals surface area contributed by atoms with Crippen LogP contribution in [0.25, 0.3) is 0 Å². The maximum atomic E-state index is 6.06. The molecule has 3 heteroatoms. The van der Waals surface area contributed by atoms with E-state index in [2.05, 4.69) is 19.2 Å². The van der Waals surface area contributed by atoms with Crippen molar-refractivity contribution in [1.29, 1.82) is 0 Å². The molecule has 1 aromatic rings. The first-order valence-corrected chi connectivity index (χ1v) is 6.60. The molecule has 17 heavy (non-hydrogen) atoms. The predicted octanol–water partition coefficient (Wildman–Crippen LogP) is 3.11. The number of furan rings is 1. The van der Waals surface area contributed by atoms with Gasteiger partial charge in [0, 0.05) is 6.04 Å². The number of rotatable bonds is 7. The first kappa shape index (κ1) is 12.7. The summed E-state index contributed by atoms with van der Waals surface area (Å²) >= 11 is 0. The lowest BCUT2D eigenvalue weighted by molar-refractivity contribution is -0.118. The van der Waals surface area contributed by atoms with Crippen LogP contribution in [0.5, 0.6) is 0 Å². The van der Waals surface area contributed by atoms with E-state index in [-0.39, 0.29) is 5.60 Å². The molecule has 1 aliphatic carbocycles. The molecule has 1 aliphatic rings. The van der Waals surface area contributed by atoms with Crippen LogP contribution >= 0.6 is 0 Å². The average Bonchev–Trinajstić information content (AvgIpc) is 2.73. The van der Waals surface area contributed by atoms with Crippen molar-refractivity contribution in [3.63, 3.8) is 0 Å². The first-order valence-electron chi connectivity index (χ1n) is 6.60. The highest BCUT2D eigenvalue weighted by atomic mass is 16.5. The van der Waals surface area contributed by atoms with Crippen molar-refractivity contribution in [2.45, 2.75) is 57.8 Å². The van der Waals surface area contributed by atoms with Gasteiger partial charge in [0.15, 0.2) is 0 Å². The van der Waals surface area contributed by atoms with Gasteiger partial charge in [-0.2, -0.15) is 0 Å². The lowest BCUT2D eigenvalue weighted by Crippen LogP contribution is -2.43. The van der Waals surface area contributed by atoms with Gasteiger partial charge in [-0.05, 0) is 44.4 Å². The molecule has 2 rings (SSSR count). The standard InChI is InChI=1S/C14H23NO2/c1-12(2)15-9-8-14(6-4-7-14)17-11-13-5-3-10-16-13/h3,5,10,12,15H,4,6-9,11H2,1-2H3. The SMILES string of the molecule is CC(C)NCCC1(OCc2ccco2)CCC1. The summed E-state index contributed by atoms with van der Waals surface area (Å²) < 4.78 is 11.4. The minimum Gasteiger partial charge on any atom is -0.467 e. The summed E-state index contributed by atoms with van der Waals surface area (Å²) in [5.74, 6) is 0.924. The molecule has 96 valence electrons. The van der Waals surface area contributed by atoms with Crippen molar-refractivity contribution in [3.8, 4) is 0 Å². The molecule has 1 aromatic heterocycles. The molecule has 1 saturated carbocycles. The summed E-state index contributed by atoms with van der Waals surface area (Å²) in [4.78, 5) is 0. The van der Waals surface area contributed by atoms with E-state index in [9.17, 15) is 0 Å². The van der Waals surface area contributed by atoms with E-state index in [1.807, 2.05) is 12.1 Å². The number of ether oxygens (including phenoxy) is 1. The van der Waals surface area contributed by atoms with Crippen LogP contribution in [-0.4, -0.2) is 18.2 Å². The van der Waals surface area contributed by atoms with Gasteiger partial charge in [-0.15, -0.1) is 0 Å². The number of hydrogen-bond donors (Lipinski definition) is 1. The third-order valence-corrected chi connectivity index (χ3v) is 3.50. The highest BCUT2D eigenvalue weighted by molar-refractivity contribution is 4.98. The third-order valence-electron chi connectivity index (χ3n) is 3.50. The number of nitrogens with one attached hydrogen (secondary N) is 1. The first-order chi connectivity index (χ1) is 8.20. The van der Waals surface area contributed by atoms with E-state index in [1.165, 1.54) is 19.3 Å². The Morgan fingerprint density at radius 1 is 1.47 bits per heavy atom. The zero-order chi connectivity index (χ0) is 12.1. The summed E-state index contributed by atoms with van der Waals surface area (Å²) in [5, 5.41) is 3.46. The normalized spacial score (nSPS) is 18.3. The molecular formula is C14H23NO2. The van der Waals surface area contributed by atoms with Crippen LogP contribution in [0, 0.1) is 0 Å². The van der Waals surface area contributed by atoms with Gasteiger partial charge in [-0.25, -0.2) is 0 Å². The Morgan fingerprint density at radius 3 is 2.82 bits per heavy atom. The van der Waals surface area contributed by atoms with Crippen molar-refractivity contribution in [1.82, 2.24) is 5.32 Å². The minimum atomic E-state index is 0.106. The molecule has 0 amide bonds. The van der Waals surface area contributed by atoms with Crippen LogP contribution in [0.15, 0.2) is 22.8 Å². The molecule has 1 N–H and O–H groups in total. The van der Waals surface area contributed by atoms with Gasteiger partial charge in [-0.3, -0.25) is 0 Å². The van der Waals surface area contributed by atoms with E-state index in [0.29, 0.717) is 12.6 Å². The van der Waals surface area contributed by atoms with Crippen molar-refractivity contribution < 1.29 is 9.15 Å². The smallest absolute Gasteiger partial charge is 0.129 e. The van der Waals surface area contributed by atoms with Gasteiger partial charge >= 0.3 is 0 Å². The fourth-order valence-corrected chi connectivity index (χ4v) is 2.25. The maximum Gasteiger partial charge on any atom is 0.129 e. The minimum absolute atomic E-state index is 0.106. The van der Waals surface area contributed by atoms with Crippen LogP contribution < -0.4 is 5.32 Å². The maximum absolute atomic E-state index is 6.06. The zero-order valence-electron chi connectivity index (χ0n) is 10.9. The summed E-state index contributed by atoms with van der Waals surface area (Å²) in [6.45, 7) is 6.00. The largest absolute Gasteiger partial charge is 0.467 e. The van der Waals surface area contributed by atoms with Crippen LogP contribution in [0.4, 0.5) is 0 Å². The zero-order valence-corrected chi connectivity index (χ0v) is 10.9. The lowest BCUT2D eigenvalue weighted by atomic mass is 9.77. The van der Waals surface area contributed by atoms with Crippen LogP contribution in [-0.2, 0) is 11.3 Å². The van der Waals surface area contributed by atoms with Crippen LogP contribution in [0.2, 0.25) is 0 Å². The Morgan fingerprint density at radius 2 is 2.29 bits per heavy atom. The van der Waals surface area contributed by atoms with E-state index < -0.39 is 0 Å². The highest BCUT2D eigenvalue weighted by Gasteiger charge is 2.37. The Bertz CT molecular complexity index is 315. The molecule has 0 aromatic carbocycles. The van der Waals surface area contributed by atoms with Crippen molar-refractivity contribution in [2.75, 3.05) is 6.54 Å². The Labute approximate surface area is 104 Å². The van der Waals surface area contributed by atoms with Gasteiger partial charge in [0.2, 0.25) is 0 Å². The van der Waals surface area contributed by atoms with Gasteiger partial charge in [-0.1, -0.05) is 13.8 Å². The van der Waals surface area contributed by atoms with Gasteiger partial charge < -0.3 is 14.5 Å². The summed E-state index contributed by atoms with van der Waals surface area (Å²) in [5.41, 5.74) is 0.106. The van der Waals surface area contributed by atoms with Crippen LogP contribution in [0.1, 0.15) is 45.3 Å². The van der Waals surface area contributed by atoms with Crippen molar-refractivity contribution >= 4 is 0 Å². The van der Waals surface area contributed by atoms with Gasteiger partial charge in [0.25, 0.3) is 0 Å². The Kier molecular flexibility index (Phi) is 4.24. The second-order valence-electron chi connectivity index (χ2n) is 5.26. The van der Waals surface area contributed by atoms with E-state index in [0.717, 1.165) is 18.7 Å². The summed E-state index contributed by atoms with van der Waals surface area (Å²) in [7, 11) is 0. The summed E-state index contributed by atoms with van der Waals surface area (Å²) in [6, 6.07) is 4.43. The molecule has 3 nitrogen and oxygen atoms in total. The molecule has 0 unspecified atom stereocenters. The molecule has 0 aliphatic heterocycles. The molecule has 0 spiro atoms. The van der Waals surface area contributed by atoms with Crippen LogP contribution in [0.3, 0.4) is 0 Å². The van der Waals surface area contributed by atoms with E-state index >= 15 is 0 Å². The molecule has 0 radical (unpaired) electrons. The highest BCUT2D eigenvalue weighted by Crippen LogP contribution is 2.39. The van der Waals surface area contributed by atoms with Gasteiger partial charge in [0.05, 0.1) is 11.9 Å². The molecule has 0 saturated heterocycles. The van der Waals surface area contributed by atoms with Crippen molar-refractivity contribution in [3.05, 3.63) is 24.2 Å². The summed E-state index contributed by atoms with van der Waals surface area (Å²) in [6.07, 6.45) is 6.47. The van der Waals surface area contributed by atoms with E-state index in [4.69, 9.17) is 9.15 Å².